The molecule has 2 heterocycles. The smallest absolute Gasteiger partial charge is 0.258 e. The molecule has 0 aliphatic carbocycles. The summed E-state index contributed by atoms with van der Waals surface area (Å²) in [7, 11) is 0. The molecule has 5 nitrogen and oxygen atoms in total. The second kappa shape index (κ2) is 5.49. The molecule has 0 aliphatic heterocycles. The van der Waals surface area contributed by atoms with E-state index >= 15 is 0 Å². The first kappa shape index (κ1) is 13.5. The molecule has 0 aliphatic rings. The summed E-state index contributed by atoms with van der Waals surface area (Å²) < 4.78 is 0. The normalized spacial score (nSPS) is 12.2. The van der Waals surface area contributed by atoms with E-state index in [-0.39, 0.29) is 17.4 Å². The van der Waals surface area contributed by atoms with E-state index in [1.807, 2.05) is 23.8 Å². The first-order valence-corrected chi connectivity index (χ1v) is 7.40. The molecule has 0 bridgehead atoms. The molecule has 2 aromatic heterocycles. The minimum absolute atomic E-state index is 0.104. The van der Waals surface area contributed by atoms with Gasteiger partial charge in [-0.15, -0.1) is 0 Å². The van der Waals surface area contributed by atoms with Crippen LogP contribution in [0.2, 0.25) is 0 Å². The van der Waals surface area contributed by atoms with E-state index in [1.54, 1.807) is 29.5 Å². The fourth-order valence-corrected chi connectivity index (χ4v) is 2.82. The summed E-state index contributed by atoms with van der Waals surface area (Å²) in [6.07, 6.45) is 1.36. The van der Waals surface area contributed by atoms with E-state index in [2.05, 4.69) is 15.3 Å². The minimum atomic E-state index is -0.237. The van der Waals surface area contributed by atoms with Crippen molar-refractivity contribution in [3.8, 4) is 0 Å². The molecular weight excluding hydrogens is 286 g/mol. The van der Waals surface area contributed by atoms with Crippen molar-refractivity contribution in [2.75, 3.05) is 5.32 Å². The fourth-order valence-electron chi connectivity index (χ4n) is 2.07. The predicted octanol–water partition coefficient (Wildman–Crippen LogP) is 2.73. The average Bonchev–Trinajstić information content (AvgIpc) is 3.01. The molecule has 3 aromatic rings. The van der Waals surface area contributed by atoms with Gasteiger partial charge in [0.05, 0.1) is 23.1 Å². The summed E-state index contributed by atoms with van der Waals surface area (Å²) in [6, 6.07) is 7.03. The summed E-state index contributed by atoms with van der Waals surface area (Å²) in [6.45, 7) is 1.85. The third kappa shape index (κ3) is 2.71. The highest BCUT2D eigenvalue weighted by Crippen LogP contribution is 2.21. The number of benzene rings is 1. The van der Waals surface area contributed by atoms with Gasteiger partial charge in [-0.05, 0) is 47.5 Å². The van der Waals surface area contributed by atoms with Crippen molar-refractivity contribution in [1.82, 2.24) is 9.97 Å². The molecule has 0 spiro atoms. The number of amides is 1. The van der Waals surface area contributed by atoms with Gasteiger partial charge in [-0.3, -0.25) is 9.59 Å². The van der Waals surface area contributed by atoms with Gasteiger partial charge in [-0.25, -0.2) is 4.98 Å². The average molecular weight is 299 g/mol. The standard InChI is InChI=1S/C15H13N3O2S/c1-9(10-4-5-21-7-10)14(19)18-11-2-3-13-12(6-11)15(20)17-8-16-13/h2-9H,1H3,(H,18,19)(H,16,17,20). The number of H-pyrrole nitrogens is 1. The molecule has 2 N–H and O–H groups in total. The maximum atomic E-state index is 12.2. The fraction of sp³-hybridized carbons (Fsp3) is 0.133. The summed E-state index contributed by atoms with van der Waals surface area (Å²) >= 11 is 1.56. The molecule has 3 rings (SSSR count). The van der Waals surface area contributed by atoms with Crippen LogP contribution in [0, 0.1) is 0 Å². The maximum Gasteiger partial charge on any atom is 0.258 e. The van der Waals surface area contributed by atoms with Crippen LogP contribution in [-0.2, 0) is 4.79 Å². The topological polar surface area (TPSA) is 74.8 Å². The summed E-state index contributed by atoms with van der Waals surface area (Å²) in [5, 5.41) is 7.19. The Kier molecular flexibility index (Phi) is 3.53. The molecule has 0 saturated heterocycles. The Hall–Kier alpha value is -2.47. The number of nitrogens with zero attached hydrogens (tertiary/aromatic N) is 1. The van der Waals surface area contributed by atoms with Gasteiger partial charge in [0.15, 0.2) is 0 Å². The zero-order chi connectivity index (χ0) is 14.8. The molecule has 6 heteroatoms. The van der Waals surface area contributed by atoms with Gasteiger partial charge in [0.1, 0.15) is 0 Å². The number of carbonyl (C=O) groups excluding carboxylic acids is 1. The highest BCUT2D eigenvalue weighted by atomic mass is 32.1. The molecule has 1 aromatic carbocycles. The van der Waals surface area contributed by atoms with E-state index in [0.717, 1.165) is 5.56 Å². The quantitative estimate of drug-likeness (QED) is 0.781. The number of rotatable bonds is 3. The molecular formula is C15H13N3O2S. The maximum absolute atomic E-state index is 12.2. The first-order valence-electron chi connectivity index (χ1n) is 6.45. The van der Waals surface area contributed by atoms with Gasteiger partial charge in [-0.1, -0.05) is 0 Å². The summed E-state index contributed by atoms with van der Waals surface area (Å²) in [4.78, 5) is 30.5. The van der Waals surface area contributed by atoms with Crippen LogP contribution >= 0.6 is 11.3 Å². The summed E-state index contributed by atoms with van der Waals surface area (Å²) in [5.41, 5.74) is 1.95. The van der Waals surface area contributed by atoms with Crippen molar-refractivity contribution in [1.29, 1.82) is 0 Å². The third-order valence-electron chi connectivity index (χ3n) is 3.34. The van der Waals surface area contributed by atoms with Crippen molar-refractivity contribution in [3.05, 3.63) is 57.3 Å². The molecule has 106 valence electrons. The van der Waals surface area contributed by atoms with Crippen molar-refractivity contribution in [2.45, 2.75) is 12.8 Å². The first-order chi connectivity index (χ1) is 10.1. The Morgan fingerprint density at radius 3 is 3.00 bits per heavy atom. The lowest BCUT2D eigenvalue weighted by atomic mass is 10.0. The van der Waals surface area contributed by atoms with E-state index in [1.165, 1.54) is 6.33 Å². The van der Waals surface area contributed by atoms with E-state index in [0.29, 0.717) is 16.6 Å². The number of fused-ring (bicyclic) bond motifs is 1. The lowest BCUT2D eigenvalue weighted by Gasteiger charge is -2.11. The number of hydrogen-bond acceptors (Lipinski definition) is 4. The molecule has 0 fully saturated rings. The largest absolute Gasteiger partial charge is 0.326 e. The molecule has 1 unspecified atom stereocenters. The van der Waals surface area contributed by atoms with Crippen molar-refractivity contribution < 1.29 is 4.79 Å². The van der Waals surface area contributed by atoms with Crippen LogP contribution in [-0.4, -0.2) is 15.9 Å². The van der Waals surface area contributed by atoms with Crippen molar-refractivity contribution >= 4 is 33.8 Å². The highest BCUT2D eigenvalue weighted by molar-refractivity contribution is 7.08. The number of thiophene rings is 1. The monoisotopic (exact) mass is 299 g/mol. The van der Waals surface area contributed by atoms with Gasteiger partial charge in [-0.2, -0.15) is 11.3 Å². The van der Waals surface area contributed by atoms with Crippen LogP contribution < -0.4 is 10.9 Å². The number of aromatic amines is 1. The number of carbonyl (C=O) groups is 1. The zero-order valence-electron chi connectivity index (χ0n) is 11.3. The van der Waals surface area contributed by atoms with Crippen LogP contribution in [0.1, 0.15) is 18.4 Å². The second-order valence-corrected chi connectivity index (χ2v) is 5.51. The Morgan fingerprint density at radius 1 is 1.38 bits per heavy atom. The van der Waals surface area contributed by atoms with E-state index in [9.17, 15) is 9.59 Å². The Balaban J connectivity index is 1.86. The van der Waals surface area contributed by atoms with Crippen LogP contribution in [0.5, 0.6) is 0 Å². The Labute approximate surface area is 124 Å². The number of nitrogens with one attached hydrogen (secondary N) is 2. The number of hydrogen-bond donors (Lipinski definition) is 2. The molecule has 1 atom stereocenters. The lowest BCUT2D eigenvalue weighted by molar-refractivity contribution is -0.117. The molecule has 21 heavy (non-hydrogen) atoms. The molecule has 1 amide bonds. The summed E-state index contributed by atoms with van der Waals surface area (Å²) in [5.74, 6) is -0.341. The predicted molar refractivity (Wildman–Crippen MR) is 83.7 cm³/mol. The van der Waals surface area contributed by atoms with Crippen LogP contribution in [0.4, 0.5) is 5.69 Å². The Morgan fingerprint density at radius 2 is 2.24 bits per heavy atom. The van der Waals surface area contributed by atoms with E-state index in [4.69, 9.17) is 0 Å². The van der Waals surface area contributed by atoms with Gasteiger partial charge in [0.25, 0.3) is 5.56 Å². The zero-order valence-corrected chi connectivity index (χ0v) is 12.1. The van der Waals surface area contributed by atoms with E-state index < -0.39 is 0 Å². The third-order valence-corrected chi connectivity index (χ3v) is 4.05. The minimum Gasteiger partial charge on any atom is -0.326 e. The lowest BCUT2D eigenvalue weighted by Crippen LogP contribution is -2.18. The van der Waals surface area contributed by atoms with Gasteiger partial charge in [0, 0.05) is 5.69 Å². The SMILES string of the molecule is CC(C(=O)Nc1ccc2nc[nH]c(=O)c2c1)c1ccsc1. The van der Waals surface area contributed by atoms with Crippen molar-refractivity contribution in [2.24, 2.45) is 0 Å². The second-order valence-electron chi connectivity index (χ2n) is 4.73. The van der Waals surface area contributed by atoms with Gasteiger partial charge in [0.2, 0.25) is 5.91 Å². The van der Waals surface area contributed by atoms with Crippen LogP contribution in [0.15, 0.2) is 46.1 Å². The van der Waals surface area contributed by atoms with Gasteiger partial charge < -0.3 is 10.3 Å². The number of anilines is 1. The number of aromatic nitrogens is 2. The van der Waals surface area contributed by atoms with Crippen molar-refractivity contribution in [3.63, 3.8) is 0 Å². The molecule has 0 radical (unpaired) electrons. The highest BCUT2D eigenvalue weighted by Gasteiger charge is 2.15. The molecule has 0 saturated carbocycles. The Bertz CT molecular complexity index is 840. The van der Waals surface area contributed by atoms with Crippen LogP contribution in [0.25, 0.3) is 10.9 Å². The van der Waals surface area contributed by atoms with Crippen LogP contribution in [0.3, 0.4) is 0 Å². The van der Waals surface area contributed by atoms with Gasteiger partial charge >= 0.3 is 0 Å².